The lowest BCUT2D eigenvalue weighted by Gasteiger charge is -2.12. The topological polar surface area (TPSA) is 36.6 Å². The first-order valence-corrected chi connectivity index (χ1v) is 4.70. The smallest absolute Gasteiger partial charge is 0.118 e. The van der Waals surface area contributed by atoms with Gasteiger partial charge in [0, 0.05) is 13.1 Å². The van der Waals surface area contributed by atoms with Gasteiger partial charge < -0.3 is 9.52 Å². The van der Waals surface area contributed by atoms with Crippen molar-refractivity contribution in [2.75, 3.05) is 13.1 Å². The SMILES string of the molecule is Cc1ccc(CN2CC[C@H](O)C2)o1. The van der Waals surface area contributed by atoms with Crippen molar-refractivity contribution in [3.8, 4) is 0 Å². The van der Waals surface area contributed by atoms with Crippen LogP contribution in [-0.2, 0) is 6.54 Å². The van der Waals surface area contributed by atoms with Crippen LogP contribution in [0.25, 0.3) is 0 Å². The number of rotatable bonds is 2. The van der Waals surface area contributed by atoms with Crippen LogP contribution >= 0.6 is 0 Å². The van der Waals surface area contributed by atoms with Gasteiger partial charge in [0.25, 0.3) is 0 Å². The summed E-state index contributed by atoms with van der Waals surface area (Å²) in [5.74, 6) is 1.95. The Bertz CT molecular complexity index is 282. The number of hydrogen-bond acceptors (Lipinski definition) is 3. The molecule has 1 N–H and O–H groups in total. The second-order valence-electron chi connectivity index (χ2n) is 3.69. The summed E-state index contributed by atoms with van der Waals surface area (Å²) in [4.78, 5) is 2.21. The molecule has 13 heavy (non-hydrogen) atoms. The fraction of sp³-hybridized carbons (Fsp3) is 0.600. The zero-order valence-corrected chi connectivity index (χ0v) is 7.86. The number of β-amino-alcohol motifs (C(OH)–C–C–N with tert-alkyl or cyclic N) is 1. The lowest BCUT2D eigenvalue weighted by Crippen LogP contribution is -2.21. The third-order valence-corrected chi connectivity index (χ3v) is 2.42. The molecule has 0 aliphatic carbocycles. The highest BCUT2D eigenvalue weighted by Gasteiger charge is 2.20. The maximum atomic E-state index is 9.31. The number of nitrogens with zero attached hydrogens (tertiary/aromatic N) is 1. The highest BCUT2D eigenvalue weighted by atomic mass is 16.3. The van der Waals surface area contributed by atoms with Gasteiger partial charge in [0.05, 0.1) is 12.6 Å². The van der Waals surface area contributed by atoms with Gasteiger partial charge in [0.1, 0.15) is 11.5 Å². The Morgan fingerprint density at radius 1 is 1.62 bits per heavy atom. The Morgan fingerprint density at radius 2 is 2.46 bits per heavy atom. The number of aliphatic hydroxyl groups is 1. The van der Waals surface area contributed by atoms with Crippen LogP contribution in [0.3, 0.4) is 0 Å². The molecule has 1 aromatic rings. The van der Waals surface area contributed by atoms with Crippen molar-refractivity contribution < 1.29 is 9.52 Å². The molecule has 1 atom stereocenters. The van der Waals surface area contributed by atoms with Crippen LogP contribution < -0.4 is 0 Å². The predicted octanol–water partition coefficient (Wildman–Crippen LogP) is 1.15. The average Bonchev–Trinajstić information content (AvgIpc) is 2.62. The number of aliphatic hydroxyl groups excluding tert-OH is 1. The molecule has 0 spiro atoms. The average molecular weight is 181 g/mol. The van der Waals surface area contributed by atoms with Crippen LogP contribution in [0.1, 0.15) is 17.9 Å². The van der Waals surface area contributed by atoms with E-state index in [0.717, 1.165) is 37.6 Å². The van der Waals surface area contributed by atoms with Gasteiger partial charge in [0.15, 0.2) is 0 Å². The van der Waals surface area contributed by atoms with Crippen molar-refractivity contribution in [2.24, 2.45) is 0 Å². The van der Waals surface area contributed by atoms with Gasteiger partial charge in [-0.15, -0.1) is 0 Å². The number of aryl methyl sites for hydroxylation is 1. The van der Waals surface area contributed by atoms with E-state index >= 15 is 0 Å². The van der Waals surface area contributed by atoms with Crippen LogP contribution in [0.4, 0.5) is 0 Å². The quantitative estimate of drug-likeness (QED) is 0.743. The third-order valence-electron chi connectivity index (χ3n) is 2.42. The van der Waals surface area contributed by atoms with Gasteiger partial charge in [-0.1, -0.05) is 0 Å². The van der Waals surface area contributed by atoms with E-state index in [-0.39, 0.29) is 6.10 Å². The summed E-state index contributed by atoms with van der Waals surface area (Å²) in [6.07, 6.45) is 0.746. The molecule has 1 saturated heterocycles. The molecule has 1 aromatic heterocycles. The monoisotopic (exact) mass is 181 g/mol. The molecule has 0 bridgehead atoms. The maximum absolute atomic E-state index is 9.31. The van der Waals surface area contributed by atoms with E-state index in [9.17, 15) is 5.11 Å². The summed E-state index contributed by atoms with van der Waals surface area (Å²) in [6, 6.07) is 3.97. The molecule has 1 aliphatic heterocycles. The molecule has 2 heterocycles. The first-order chi connectivity index (χ1) is 6.24. The van der Waals surface area contributed by atoms with Crippen molar-refractivity contribution in [1.29, 1.82) is 0 Å². The molecule has 2 rings (SSSR count). The van der Waals surface area contributed by atoms with Gasteiger partial charge in [-0.25, -0.2) is 0 Å². The van der Waals surface area contributed by atoms with Crippen molar-refractivity contribution in [2.45, 2.75) is 26.0 Å². The van der Waals surface area contributed by atoms with Crippen molar-refractivity contribution in [1.82, 2.24) is 4.90 Å². The van der Waals surface area contributed by atoms with Gasteiger partial charge in [-0.05, 0) is 25.5 Å². The maximum Gasteiger partial charge on any atom is 0.118 e. The summed E-state index contributed by atoms with van der Waals surface area (Å²) in [6.45, 7) is 4.52. The van der Waals surface area contributed by atoms with Crippen LogP contribution in [0, 0.1) is 6.92 Å². The van der Waals surface area contributed by atoms with Crippen molar-refractivity contribution in [3.05, 3.63) is 23.7 Å². The summed E-state index contributed by atoms with van der Waals surface area (Å²) in [5.41, 5.74) is 0. The molecular formula is C10H15NO2. The highest BCUT2D eigenvalue weighted by molar-refractivity contribution is 5.05. The minimum atomic E-state index is -0.143. The Kier molecular flexibility index (Phi) is 2.38. The molecule has 0 unspecified atom stereocenters. The minimum absolute atomic E-state index is 0.143. The second kappa shape index (κ2) is 3.52. The van der Waals surface area contributed by atoms with E-state index in [1.807, 2.05) is 19.1 Å². The fourth-order valence-electron chi connectivity index (χ4n) is 1.75. The minimum Gasteiger partial charge on any atom is -0.465 e. The van der Waals surface area contributed by atoms with Crippen molar-refractivity contribution in [3.63, 3.8) is 0 Å². The number of likely N-dealkylation sites (tertiary alicyclic amines) is 1. The molecule has 0 saturated carbocycles. The van der Waals surface area contributed by atoms with Crippen LogP contribution in [0.15, 0.2) is 16.5 Å². The van der Waals surface area contributed by atoms with E-state index in [2.05, 4.69) is 4.90 Å². The number of furan rings is 1. The van der Waals surface area contributed by atoms with E-state index < -0.39 is 0 Å². The van der Waals surface area contributed by atoms with Gasteiger partial charge in [-0.2, -0.15) is 0 Å². The second-order valence-corrected chi connectivity index (χ2v) is 3.69. The van der Waals surface area contributed by atoms with Crippen molar-refractivity contribution >= 4 is 0 Å². The van der Waals surface area contributed by atoms with Gasteiger partial charge in [-0.3, -0.25) is 4.90 Å². The largest absolute Gasteiger partial charge is 0.465 e. The van der Waals surface area contributed by atoms with Crippen LogP contribution in [-0.4, -0.2) is 29.2 Å². The molecule has 0 amide bonds. The highest BCUT2D eigenvalue weighted by Crippen LogP contribution is 2.14. The summed E-state index contributed by atoms with van der Waals surface area (Å²) in [5, 5.41) is 9.31. The molecule has 0 radical (unpaired) electrons. The number of hydrogen-bond donors (Lipinski definition) is 1. The lowest BCUT2D eigenvalue weighted by molar-refractivity contribution is 0.172. The molecule has 72 valence electrons. The zero-order chi connectivity index (χ0) is 9.26. The lowest BCUT2D eigenvalue weighted by atomic mass is 10.3. The van der Waals surface area contributed by atoms with E-state index in [0.29, 0.717) is 0 Å². The summed E-state index contributed by atoms with van der Waals surface area (Å²) in [7, 11) is 0. The predicted molar refractivity (Wildman–Crippen MR) is 49.3 cm³/mol. The Hall–Kier alpha value is -0.800. The summed E-state index contributed by atoms with van der Waals surface area (Å²) < 4.78 is 5.46. The molecule has 1 aliphatic rings. The van der Waals surface area contributed by atoms with Crippen LogP contribution in [0.2, 0.25) is 0 Å². The standard InChI is InChI=1S/C10H15NO2/c1-8-2-3-10(13-8)7-11-5-4-9(12)6-11/h2-3,9,12H,4-7H2,1H3/t9-/m0/s1. The molecular weight excluding hydrogens is 166 g/mol. The Morgan fingerprint density at radius 3 is 3.00 bits per heavy atom. The molecule has 3 heteroatoms. The Labute approximate surface area is 78.0 Å². The molecule has 0 aromatic carbocycles. The van der Waals surface area contributed by atoms with Gasteiger partial charge >= 0.3 is 0 Å². The first kappa shape index (κ1) is 8.78. The van der Waals surface area contributed by atoms with E-state index in [1.54, 1.807) is 0 Å². The summed E-state index contributed by atoms with van der Waals surface area (Å²) >= 11 is 0. The molecule has 3 nitrogen and oxygen atoms in total. The zero-order valence-electron chi connectivity index (χ0n) is 7.86. The first-order valence-electron chi connectivity index (χ1n) is 4.70. The third kappa shape index (κ3) is 2.11. The Balaban J connectivity index is 1.91. The van der Waals surface area contributed by atoms with E-state index in [4.69, 9.17) is 4.42 Å². The van der Waals surface area contributed by atoms with Crippen LogP contribution in [0.5, 0.6) is 0 Å². The van der Waals surface area contributed by atoms with E-state index in [1.165, 1.54) is 0 Å². The van der Waals surface area contributed by atoms with Gasteiger partial charge in [0.2, 0.25) is 0 Å². The molecule has 1 fully saturated rings. The fourth-order valence-corrected chi connectivity index (χ4v) is 1.75. The normalized spacial score (nSPS) is 24.0.